The molecule has 1 saturated heterocycles. The zero-order valence-corrected chi connectivity index (χ0v) is 18.9. The fourth-order valence-corrected chi connectivity index (χ4v) is 3.93. The molecular weight excluding hydrogens is 392 g/mol. The minimum absolute atomic E-state index is 0.227. The lowest BCUT2D eigenvalue weighted by atomic mass is 9.99. The highest BCUT2D eigenvalue weighted by Gasteiger charge is 2.55. The van der Waals surface area contributed by atoms with Gasteiger partial charge in [-0.2, -0.15) is 5.06 Å². The van der Waals surface area contributed by atoms with E-state index in [1.807, 2.05) is 64.1 Å². The molecular formula is C24H32N4O3. The van der Waals surface area contributed by atoms with E-state index in [-0.39, 0.29) is 6.03 Å². The van der Waals surface area contributed by atoms with Crippen LogP contribution in [0.15, 0.2) is 48.5 Å². The summed E-state index contributed by atoms with van der Waals surface area (Å²) in [6, 6.07) is 13.9. The molecule has 7 heteroatoms. The number of nitrogens with one attached hydrogen (secondary N) is 1. The Kier molecular flexibility index (Phi) is 6.55. The van der Waals surface area contributed by atoms with Gasteiger partial charge >= 0.3 is 12.1 Å². The molecule has 31 heavy (non-hydrogen) atoms. The minimum atomic E-state index is -0.898. The molecule has 0 aromatic heterocycles. The molecule has 1 heterocycles. The predicted octanol–water partition coefficient (Wildman–Crippen LogP) is 5.37. The maximum absolute atomic E-state index is 13.4. The second-order valence-electron chi connectivity index (χ2n) is 8.66. The van der Waals surface area contributed by atoms with Gasteiger partial charge in [-0.3, -0.25) is 10.1 Å². The van der Waals surface area contributed by atoms with Crippen LogP contribution in [-0.4, -0.2) is 45.5 Å². The monoisotopic (exact) mass is 424 g/mol. The van der Waals surface area contributed by atoms with Crippen molar-refractivity contribution in [1.29, 1.82) is 0 Å². The second kappa shape index (κ2) is 8.98. The summed E-state index contributed by atoms with van der Waals surface area (Å²) in [7, 11) is 0. The molecule has 0 spiro atoms. The highest BCUT2D eigenvalue weighted by Crippen LogP contribution is 2.38. The highest BCUT2D eigenvalue weighted by atomic mass is 16.5. The molecule has 1 fully saturated rings. The van der Waals surface area contributed by atoms with Gasteiger partial charge in [0.2, 0.25) is 0 Å². The van der Waals surface area contributed by atoms with Crippen LogP contribution in [-0.2, 0) is 0 Å². The zero-order valence-electron chi connectivity index (χ0n) is 18.9. The molecule has 3 rings (SSSR count). The Balaban J connectivity index is 1.95. The molecule has 1 aliphatic heterocycles. The lowest BCUT2D eigenvalue weighted by molar-refractivity contribution is -0.0949. The Morgan fingerprint density at radius 2 is 1.61 bits per heavy atom. The molecule has 1 aliphatic rings. The smallest absolute Gasteiger partial charge is 0.315 e. The first-order valence-electron chi connectivity index (χ1n) is 10.7. The second-order valence-corrected chi connectivity index (χ2v) is 8.66. The largest absolute Gasteiger partial charge is 0.347 e. The first kappa shape index (κ1) is 22.6. The molecule has 1 atom stereocenters. The van der Waals surface area contributed by atoms with E-state index in [1.54, 1.807) is 17.0 Å². The molecule has 1 unspecified atom stereocenters. The summed E-state index contributed by atoms with van der Waals surface area (Å²) in [4.78, 5) is 29.6. The third kappa shape index (κ3) is 4.51. The maximum Gasteiger partial charge on any atom is 0.347 e. The zero-order chi connectivity index (χ0) is 22.8. The van der Waals surface area contributed by atoms with Gasteiger partial charge in [-0.15, -0.1) is 0 Å². The first-order chi connectivity index (χ1) is 14.7. The van der Waals surface area contributed by atoms with Crippen molar-refractivity contribution >= 4 is 23.4 Å². The molecule has 2 aromatic carbocycles. The van der Waals surface area contributed by atoms with Crippen molar-refractivity contribution in [2.24, 2.45) is 0 Å². The predicted molar refractivity (Wildman–Crippen MR) is 122 cm³/mol. The van der Waals surface area contributed by atoms with Crippen molar-refractivity contribution in [1.82, 2.24) is 9.96 Å². The van der Waals surface area contributed by atoms with E-state index in [0.717, 1.165) is 24.0 Å². The van der Waals surface area contributed by atoms with Gasteiger partial charge in [0.1, 0.15) is 0 Å². The standard InChI is InChI=1S/C24H32N4O3/c1-6-7-16-26-23(30)27(20-14-10-18(3)11-15-20)21(24(26,4)5)28(31)22(29)25-19-12-8-17(2)9-13-19/h8-15,21,31H,6-7,16H2,1-5H3,(H,25,29). The molecule has 166 valence electrons. The Morgan fingerprint density at radius 1 is 1.06 bits per heavy atom. The topological polar surface area (TPSA) is 76.1 Å². The van der Waals surface area contributed by atoms with E-state index >= 15 is 0 Å². The molecule has 4 amide bonds. The fraction of sp³-hybridized carbons (Fsp3) is 0.417. The van der Waals surface area contributed by atoms with Crippen molar-refractivity contribution < 1.29 is 14.8 Å². The van der Waals surface area contributed by atoms with Crippen molar-refractivity contribution in [2.45, 2.75) is 59.2 Å². The van der Waals surface area contributed by atoms with Crippen LogP contribution in [0.3, 0.4) is 0 Å². The van der Waals surface area contributed by atoms with Gasteiger partial charge in [0, 0.05) is 17.9 Å². The molecule has 0 bridgehead atoms. The Bertz CT molecular complexity index is 925. The summed E-state index contributed by atoms with van der Waals surface area (Å²) < 4.78 is 0. The van der Waals surface area contributed by atoms with Gasteiger partial charge in [0.05, 0.1) is 5.54 Å². The third-order valence-electron chi connectivity index (χ3n) is 5.80. The summed E-state index contributed by atoms with van der Waals surface area (Å²) in [6.45, 7) is 10.3. The Hall–Kier alpha value is -3.06. The van der Waals surface area contributed by atoms with Crippen molar-refractivity contribution in [3.05, 3.63) is 59.7 Å². The summed E-state index contributed by atoms with van der Waals surface area (Å²) >= 11 is 0. The first-order valence-corrected chi connectivity index (χ1v) is 10.7. The Morgan fingerprint density at radius 3 is 2.16 bits per heavy atom. The number of benzene rings is 2. The SMILES string of the molecule is CCCCN1C(=O)N(c2ccc(C)cc2)C(N(O)C(=O)Nc2ccc(C)cc2)C1(C)C. The number of amides is 4. The van der Waals surface area contributed by atoms with Crippen LogP contribution in [0.25, 0.3) is 0 Å². The number of anilines is 2. The number of carbonyl (C=O) groups is 2. The number of hydroxylamine groups is 2. The van der Waals surface area contributed by atoms with Crippen LogP contribution in [0.5, 0.6) is 0 Å². The molecule has 2 aromatic rings. The van der Waals surface area contributed by atoms with Gasteiger partial charge in [-0.1, -0.05) is 48.7 Å². The summed E-state index contributed by atoms with van der Waals surface area (Å²) in [5, 5.41) is 14.4. The highest BCUT2D eigenvalue weighted by molar-refractivity contribution is 5.98. The van der Waals surface area contributed by atoms with E-state index in [9.17, 15) is 14.8 Å². The number of hydrogen-bond acceptors (Lipinski definition) is 3. The van der Waals surface area contributed by atoms with Crippen molar-refractivity contribution in [2.75, 3.05) is 16.8 Å². The van der Waals surface area contributed by atoms with Crippen LogP contribution in [0.2, 0.25) is 0 Å². The van der Waals surface area contributed by atoms with Gasteiger partial charge in [0.15, 0.2) is 6.17 Å². The molecule has 0 saturated carbocycles. The van der Waals surface area contributed by atoms with Gasteiger partial charge < -0.3 is 10.2 Å². The number of rotatable bonds is 6. The van der Waals surface area contributed by atoms with Crippen molar-refractivity contribution in [3.63, 3.8) is 0 Å². The van der Waals surface area contributed by atoms with E-state index < -0.39 is 17.7 Å². The van der Waals surface area contributed by atoms with E-state index in [1.165, 1.54) is 4.90 Å². The molecule has 0 radical (unpaired) electrons. The lowest BCUT2D eigenvalue weighted by Gasteiger charge is -2.38. The van der Waals surface area contributed by atoms with Gasteiger partial charge in [-0.25, -0.2) is 9.59 Å². The van der Waals surface area contributed by atoms with Gasteiger partial charge in [0.25, 0.3) is 0 Å². The van der Waals surface area contributed by atoms with Gasteiger partial charge in [-0.05, 0) is 58.4 Å². The van der Waals surface area contributed by atoms with E-state index in [0.29, 0.717) is 23.0 Å². The Labute approximate surface area is 184 Å². The van der Waals surface area contributed by atoms with Crippen LogP contribution in [0, 0.1) is 13.8 Å². The number of carbonyl (C=O) groups excluding carboxylic acids is 2. The van der Waals surface area contributed by atoms with Crippen LogP contribution in [0.1, 0.15) is 44.7 Å². The summed E-state index contributed by atoms with van der Waals surface area (Å²) in [6.07, 6.45) is 0.876. The molecule has 0 aliphatic carbocycles. The quantitative estimate of drug-likeness (QED) is 0.483. The maximum atomic E-state index is 13.4. The summed E-state index contributed by atoms with van der Waals surface area (Å²) in [5.41, 5.74) is 2.53. The fourth-order valence-electron chi connectivity index (χ4n) is 3.93. The van der Waals surface area contributed by atoms with Crippen molar-refractivity contribution in [3.8, 4) is 0 Å². The van der Waals surface area contributed by atoms with Crippen LogP contribution < -0.4 is 10.2 Å². The third-order valence-corrected chi connectivity index (χ3v) is 5.80. The van der Waals surface area contributed by atoms with E-state index in [2.05, 4.69) is 12.2 Å². The normalized spacial score (nSPS) is 17.7. The molecule has 7 nitrogen and oxygen atoms in total. The minimum Gasteiger partial charge on any atom is -0.315 e. The average Bonchev–Trinajstić information content (AvgIpc) is 2.93. The average molecular weight is 425 g/mol. The number of nitrogens with zero attached hydrogens (tertiary/aromatic N) is 3. The number of hydrogen-bond donors (Lipinski definition) is 2. The van der Waals surface area contributed by atoms with Crippen LogP contribution in [0.4, 0.5) is 21.0 Å². The van der Waals surface area contributed by atoms with E-state index in [4.69, 9.17) is 0 Å². The number of unbranched alkanes of at least 4 members (excludes halogenated alkanes) is 1. The number of aryl methyl sites for hydroxylation is 2. The summed E-state index contributed by atoms with van der Waals surface area (Å²) in [5.74, 6) is 0. The van der Waals surface area contributed by atoms with Crippen LogP contribution >= 0.6 is 0 Å². The number of urea groups is 2. The lowest BCUT2D eigenvalue weighted by Crippen LogP contribution is -2.58. The molecule has 2 N–H and O–H groups in total.